The molecule has 0 atom stereocenters. The first-order chi connectivity index (χ1) is 10.8. The van der Waals surface area contributed by atoms with Gasteiger partial charge >= 0.3 is 0 Å². The number of hydrogen-bond donors (Lipinski definition) is 0. The Bertz CT molecular complexity index is 783. The monoisotopic (exact) mass is 309 g/mol. The van der Waals surface area contributed by atoms with Crippen molar-refractivity contribution in [3.63, 3.8) is 0 Å². The van der Waals surface area contributed by atoms with Crippen LogP contribution >= 0.6 is 11.3 Å². The van der Waals surface area contributed by atoms with Gasteiger partial charge in [0.1, 0.15) is 11.7 Å². The average Bonchev–Trinajstić information content (AvgIpc) is 2.93. The number of thiazole rings is 1. The summed E-state index contributed by atoms with van der Waals surface area (Å²) >= 11 is 1.87. The molecule has 1 fully saturated rings. The van der Waals surface area contributed by atoms with E-state index in [-0.39, 0.29) is 0 Å². The highest BCUT2D eigenvalue weighted by molar-refractivity contribution is 7.21. The Balaban J connectivity index is 1.68. The number of aryl methyl sites for hydroxylation is 1. The summed E-state index contributed by atoms with van der Waals surface area (Å²) in [5.41, 5.74) is 3.99. The molecular weight excluding hydrogens is 288 g/mol. The van der Waals surface area contributed by atoms with Crippen molar-refractivity contribution >= 4 is 27.2 Å². The van der Waals surface area contributed by atoms with Crippen molar-refractivity contribution < 1.29 is 4.57 Å². The van der Waals surface area contributed by atoms with Crippen LogP contribution in [0.15, 0.2) is 48.5 Å². The number of para-hydroxylation sites is 1. The maximum absolute atomic E-state index is 2.51. The van der Waals surface area contributed by atoms with E-state index in [4.69, 9.17) is 0 Å². The van der Waals surface area contributed by atoms with Gasteiger partial charge in [0.25, 0.3) is 5.01 Å². The van der Waals surface area contributed by atoms with E-state index in [2.05, 4.69) is 65.0 Å². The van der Waals surface area contributed by atoms with Gasteiger partial charge in [-0.3, -0.25) is 0 Å². The van der Waals surface area contributed by atoms with Crippen LogP contribution in [0.5, 0.6) is 0 Å². The number of benzene rings is 2. The van der Waals surface area contributed by atoms with E-state index >= 15 is 0 Å². The molecule has 4 rings (SSSR count). The van der Waals surface area contributed by atoms with E-state index in [0.717, 1.165) is 0 Å². The molecule has 0 amide bonds. The van der Waals surface area contributed by atoms with Gasteiger partial charge < -0.3 is 4.90 Å². The van der Waals surface area contributed by atoms with E-state index in [1.807, 2.05) is 11.3 Å². The molecule has 2 heterocycles. The smallest absolute Gasteiger partial charge is 0.269 e. The molecule has 2 nitrogen and oxygen atoms in total. The van der Waals surface area contributed by atoms with Crippen molar-refractivity contribution in [1.29, 1.82) is 0 Å². The summed E-state index contributed by atoms with van der Waals surface area (Å²) in [6.07, 6.45) is 4.03. The topological polar surface area (TPSA) is 7.12 Å². The molecule has 0 bridgehead atoms. The zero-order valence-electron chi connectivity index (χ0n) is 13.0. The molecule has 1 aliphatic heterocycles. The van der Waals surface area contributed by atoms with Crippen molar-refractivity contribution in [3.8, 4) is 10.6 Å². The van der Waals surface area contributed by atoms with Gasteiger partial charge in [0, 0.05) is 24.8 Å². The van der Waals surface area contributed by atoms with Gasteiger partial charge in [-0.15, -0.1) is 0 Å². The Kier molecular flexibility index (Phi) is 3.59. The molecule has 0 radical (unpaired) electrons. The van der Waals surface area contributed by atoms with Crippen molar-refractivity contribution in [3.05, 3.63) is 48.5 Å². The largest absolute Gasteiger partial charge is 0.372 e. The Morgan fingerprint density at radius 3 is 2.36 bits per heavy atom. The molecule has 0 N–H and O–H groups in total. The highest BCUT2D eigenvalue weighted by Gasteiger charge is 2.18. The summed E-state index contributed by atoms with van der Waals surface area (Å²) in [4.78, 5) is 2.51. The van der Waals surface area contributed by atoms with Crippen LogP contribution in [0, 0.1) is 0 Å². The van der Waals surface area contributed by atoms with Gasteiger partial charge in [0.05, 0.1) is 5.56 Å². The first kappa shape index (κ1) is 13.8. The van der Waals surface area contributed by atoms with Crippen LogP contribution in [0.3, 0.4) is 0 Å². The fourth-order valence-electron chi connectivity index (χ4n) is 3.32. The number of hydrogen-bond acceptors (Lipinski definition) is 2. The second-order valence-electron chi connectivity index (χ2n) is 6.03. The minimum atomic E-state index is 1.20. The third-order valence-corrected chi connectivity index (χ3v) is 5.84. The maximum atomic E-state index is 2.51. The number of fused-ring (bicyclic) bond motifs is 1. The van der Waals surface area contributed by atoms with Crippen LogP contribution < -0.4 is 9.47 Å². The Labute approximate surface area is 135 Å². The predicted octanol–water partition coefficient (Wildman–Crippen LogP) is 4.38. The zero-order chi connectivity index (χ0) is 14.9. The molecule has 0 spiro atoms. The number of piperidine rings is 1. The van der Waals surface area contributed by atoms with Crippen LogP contribution in [0.4, 0.5) is 5.69 Å². The van der Waals surface area contributed by atoms with Crippen LogP contribution in [-0.4, -0.2) is 13.1 Å². The lowest BCUT2D eigenvalue weighted by molar-refractivity contribution is -0.629. The molecule has 1 saturated heterocycles. The lowest BCUT2D eigenvalue weighted by Gasteiger charge is -2.28. The second-order valence-corrected chi connectivity index (χ2v) is 7.06. The fraction of sp³-hybridized carbons (Fsp3) is 0.316. The Hall–Kier alpha value is -1.87. The van der Waals surface area contributed by atoms with Gasteiger partial charge in [0.2, 0.25) is 5.52 Å². The molecule has 3 aromatic rings. The normalized spacial score (nSPS) is 15.4. The molecule has 22 heavy (non-hydrogen) atoms. The maximum Gasteiger partial charge on any atom is 0.269 e. The molecule has 0 saturated carbocycles. The summed E-state index contributed by atoms with van der Waals surface area (Å²) in [5, 5.41) is 1.33. The van der Waals surface area contributed by atoms with Crippen molar-refractivity contribution in [2.75, 3.05) is 18.0 Å². The lowest BCUT2D eigenvalue weighted by atomic mass is 10.1. The van der Waals surface area contributed by atoms with Gasteiger partial charge in [-0.2, -0.15) is 4.57 Å². The van der Waals surface area contributed by atoms with Crippen LogP contribution in [0.1, 0.15) is 19.3 Å². The summed E-state index contributed by atoms with van der Waals surface area (Å²) in [7, 11) is 2.16. The SMILES string of the molecule is C[n+]1c(-c2ccc(N3CCCCC3)cc2)sc2ccccc21. The van der Waals surface area contributed by atoms with Gasteiger partial charge in [-0.1, -0.05) is 23.5 Å². The first-order valence-electron chi connectivity index (χ1n) is 8.06. The van der Waals surface area contributed by atoms with E-state index in [9.17, 15) is 0 Å². The van der Waals surface area contributed by atoms with Gasteiger partial charge in [0.15, 0.2) is 0 Å². The van der Waals surface area contributed by atoms with Crippen molar-refractivity contribution in [2.45, 2.75) is 19.3 Å². The molecule has 1 aromatic heterocycles. The zero-order valence-corrected chi connectivity index (χ0v) is 13.8. The molecule has 112 valence electrons. The molecule has 2 aromatic carbocycles. The summed E-state index contributed by atoms with van der Waals surface area (Å²) in [5.74, 6) is 0. The molecule has 0 unspecified atom stereocenters. The van der Waals surface area contributed by atoms with Gasteiger partial charge in [-0.25, -0.2) is 0 Å². The van der Waals surface area contributed by atoms with E-state index in [1.54, 1.807) is 0 Å². The van der Waals surface area contributed by atoms with Crippen LogP contribution in [0.25, 0.3) is 20.8 Å². The summed E-state index contributed by atoms with van der Waals surface area (Å²) in [6, 6.07) is 17.7. The van der Waals surface area contributed by atoms with Crippen LogP contribution in [0.2, 0.25) is 0 Å². The van der Waals surface area contributed by atoms with Crippen LogP contribution in [-0.2, 0) is 7.05 Å². The Morgan fingerprint density at radius 2 is 1.64 bits per heavy atom. The minimum absolute atomic E-state index is 1.20. The number of rotatable bonds is 2. The molecular formula is C19H21N2S+. The molecule has 0 aliphatic carbocycles. The standard InChI is InChI=1S/C19H21N2S/c1-20-17-7-3-4-8-18(17)22-19(20)15-9-11-16(12-10-15)21-13-5-2-6-14-21/h3-4,7-12H,2,5-6,13-14H2,1H3/q+1. The second kappa shape index (κ2) is 5.73. The van der Waals surface area contributed by atoms with Crippen molar-refractivity contribution in [2.24, 2.45) is 7.05 Å². The number of nitrogens with zero attached hydrogens (tertiary/aromatic N) is 2. The third-order valence-electron chi connectivity index (χ3n) is 4.57. The third kappa shape index (κ3) is 2.40. The van der Waals surface area contributed by atoms with E-state index in [1.165, 1.54) is 58.8 Å². The summed E-state index contributed by atoms with van der Waals surface area (Å²) < 4.78 is 3.65. The number of anilines is 1. The quantitative estimate of drug-likeness (QED) is 0.637. The summed E-state index contributed by atoms with van der Waals surface area (Å²) in [6.45, 7) is 2.41. The highest BCUT2D eigenvalue weighted by Crippen LogP contribution is 2.30. The first-order valence-corrected chi connectivity index (χ1v) is 8.87. The van der Waals surface area contributed by atoms with Crippen molar-refractivity contribution in [1.82, 2.24) is 0 Å². The molecule has 3 heteroatoms. The predicted molar refractivity (Wildman–Crippen MR) is 94.5 cm³/mol. The fourth-order valence-corrected chi connectivity index (χ4v) is 4.48. The number of aromatic nitrogens is 1. The lowest BCUT2D eigenvalue weighted by Crippen LogP contribution is -2.29. The minimum Gasteiger partial charge on any atom is -0.372 e. The average molecular weight is 309 g/mol. The van der Waals surface area contributed by atoms with Gasteiger partial charge in [-0.05, 0) is 49.6 Å². The Morgan fingerprint density at radius 1 is 0.909 bits per heavy atom. The van der Waals surface area contributed by atoms with E-state index in [0.29, 0.717) is 0 Å². The highest BCUT2D eigenvalue weighted by atomic mass is 32.1. The van der Waals surface area contributed by atoms with E-state index < -0.39 is 0 Å². The molecule has 1 aliphatic rings.